The maximum Gasteiger partial charge on any atom is 0.190 e. The van der Waals surface area contributed by atoms with Crippen LogP contribution < -0.4 is 25.0 Å². The molecule has 0 radical (unpaired) electrons. The fourth-order valence-corrected chi connectivity index (χ4v) is 2.53. The lowest BCUT2D eigenvalue weighted by Gasteiger charge is -2.21. The van der Waals surface area contributed by atoms with E-state index < -0.39 is 0 Å². The van der Waals surface area contributed by atoms with Crippen molar-refractivity contribution in [2.75, 3.05) is 46.3 Å². The molecule has 0 spiro atoms. The van der Waals surface area contributed by atoms with E-state index in [0.29, 0.717) is 6.04 Å². The Balaban J connectivity index is 2.07. The number of benzene rings is 1. The molecule has 1 heterocycles. The van der Waals surface area contributed by atoms with E-state index in [4.69, 9.17) is 9.47 Å². The Morgan fingerprint density at radius 3 is 2.43 bits per heavy atom. The molecular formula is C15H24N4O2. The van der Waals surface area contributed by atoms with Gasteiger partial charge >= 0.3 is 0 Å². The minimum absolute atomic E-state index is 0.383. The Morgan fingerprint density at radius 1 is 1.24 bits per heavy atom. The average Bonchev–Trinajstić information content (AvgIpc) is 3.00. The van der Waals surface area contributed by atoms with Crippen molar-refractivity contribution in [1.82, 2.24) is 10.6 Å². The number of methoxy groups -OCH3 is 2. The lowest BCUT2D eigenvalue weighted by atomic mass is 10.2. The van der Waals surface area contributed by atoms with Crippen LogP contribution in [0.4, 0.5) is 5.69 Å². The van der Waals surface area contributed by atoms with Gasteiger partial charge in [-0.2, -0.15) is 0 Å². The molecule has 1 aliphatic heterocycles. The monoisotopic (exact) mass is 292 g/mol. The molecule has 1 saturated heterocycles. The highest BCUT2D eigenvalue weighted by atomic mass is 16.5. The quantitative estimate of drug-likeness (QED) is 0.642. The maximum atomic E-state index is 5.33. The van der Waals surface area contributed by atoms with Crippen LogP contribution in [0.25, 0.3) is 0 Å². The molecule has 0 saturated carbocycles. The summed E-state index contributed by atoms with van der Waals surface area (Å²) in [5, 5.41) is 6.46. The molecule has 0 bridgehead atoms. The molecule has 1 atom stereocenters. The van der Waals surface area contributed by atoms with Gasteiger partial charge in [0, 0.05) is 57.1 Å². The first-order valence-electron chi connectivity index (χ1n) is 7.09. The van der Waals surface area contributed by atoms with Crippen LogP contribution in [-0.4, -0.2) is 53.4 Å². The Labute approximate surface area is 126 Å². The van der Waals surface area contributed by atoms with Gasteiger partial charge in [-0.15, -0.1) is 0 Å². The van der Waals surface area contributed by atoms with Crippen molar-refractivity contribution in [2.45, 2.75) is 12.5 Å². The number of aliphatic imine (C=N–C) groups is 1. The minimum atomic E-state index is 0.383. The number of nitrogens with one attached hydrogen (secondary N) is 2. The van der Waals surface area contributed by atoms with Gasteiger partial charge in [0.15, 0.2) is 5.96 Å². The van der Waals surface area contributed by atoms with Gasteiger partial charge in [0.05, 0.1) is 14.2 Å². The maximum absolute atomic E-state index is 5.33. The summed E-state index contributed by atoms with van der Waals surface area (Å²) in [6.45, 7) is 1.92. The molecule has 1 aromatic carbocycles. The SMILES string of the molecule is CN=C(NC)NC1CCN(c2cc(OC)cc(OC)c2)C1. The standard InChI is InChI=1S/C15H24N4O2/c1-16-15(17-2)18-11-5-6-19(10-11)12-7-13(20-3)9-14(8-12)21-4/h7-9,11H,5-6,10H2,1-4H3,(H2,16,17,18). The van der Waals surface area contributed by atoms with Crippen LogP contribution >= 0.6 is 0 Å². The van der Waals surface area contributed by atoms with Crippen LogP contribution in [0.1, 0.15) is 6.42 Å². The number of ether oxygens (including phenoxy) is 2. The van der Waals surface area contributed by atoms with Crippen LogP contribution in [0, 0.1) is 0 Å². The third-order valence-corrected chi connectivity index (χ3v) is 3.69. The molecule has 0 aromatic heterocycles. The second-order valence-electron chi connectivity index (χ2n) is 4.97. The predicted octanol–water partition coefficient (Wildman–Crippen LogP) is 1.08. The molecular weight excluding hydrogens is 268 g/mol. The summed E-state index contributed by atoms with van der Waals surface area (Å²) in [5.41, 5.74) is 1.12. The van der Waals surface area contributed by atoms with E-state index in [0.717, 1.165) is 42.7 Å². The predicted molar refractivity (Wildman–Crippen MR) is 85.7 cm³/mol. The number of nitrogens with zero attached hydrogens (tertiary/aromatic N) is 2. The highest BCUT2D eigenvalue weighted by molar-refractivity contribution is 5.79. The zero-order valence-electron chi connectivity index (χ0n) is 13.1. The zero-order valence-corrected chi connectivity index (χ0v) is 13.1. The summed E-state index contributed by atoms with van der Waals surface area (Å²) in [6.07, 6.45) is 1.07. The van der Waals surface area contributed by atoms with Crippen molar-refractivity contribution in [2.24, 2.45) is 4.99 Å². The van der Waals surface area contributed by atoms with E-state index >= 15 is 0 Å². The first-order valence-corrected chi connectivity index (χ1v) is 7.09. The molecule has 1 aromatic rings. The molecule has 1 unspecified atom stereocenters. The van der Waals surface area contributed by atoms with E-state index in [1.165, 1.54) is 0 Å². The summed E-state index contributed by atoms with van der Waals surface area (Å²) in [4.78, 5) is 6.48. The number of hydrogen-bond acceptors (Lipinski definition) is 4. The lowest BCUT2D eigenvalue weighted by molar-refractivity contribution is 0.394. The van der Waals surface area contributed by atoms with Gasteiger partial charge < -0.3 is 25.0 Å². The Kier molecular flexibility index (Phi) is 5.14. The van der Waals surface area contributed by atoms with Crippen LogP contribution in [0.15, 0.2) is 23.2 Å². The zero-order chi connectivity index (χ0) is 15.2. The first-order chi connectivity index (χ1) is 10.2. The summed E-state index contributed by atoms with van der Waals surface area (Å²) in [7, 11) is 6.99. The van der Waals surface area contributed by atoms with Crippen LogP contribution in [-0.2, 0) is 0 Å². The molecule has 2 N–H and O–H groups in total. The van der Waals surface area contributed by atoms with E-state index in [-0.39, 0.29) is 0 Å². The van der Waals surface area contributed by atoms with E-state index in [1.54, 1.807) is 21.3 Å². The van der Waals surface area contributed by atoms with Gasteiger partial charge in [-0.1, -0.05) is 0 Å². The summed E-state index contributed by atoms with van der Waals surface area (Å²) in [5.74, 6) is 2.45. The smallest absolute Gasteiger partial charge is 0.190 e. The topological polar surface area (TPSA) is 58.1 Å². The molecule has 21 heavy (non-hydrogen) atoms. The number of rotatable bonds is 4. The highest BCUT2D eigenvalue weighted by Crippen LogP contribution is 2.30. The van der Waals surface area contributed by atoms with E-state index in [9.17, 15) is 0 Å². The summed E-state index contributed by atoms with van der Waals surface area (Å²) >= 11 is 0. The number of guanidine groups is 1. The molecule has 1 fully saturated rings. The van der Waals surface area contributed by atoms with Crippen molar-refractivity contribution >= 4 is 11.6 Å². The van der Waals surface area contributed by atoms with Gasteiger partial charge in [0.1, 0.15) is 11.5 Å². The Hall–Kier alpha value is -2.11. The second-order valence-corrected chi connectivity index (χ2v) is 4.97. The fraction of sp³-hybridized carbons (Fsp3) is 0.533. The summed E-state index contributed by atoms with van der Waals surface area (Å²) < 4.78 is 10.7. The van der Waals surface area contributed by atoms with Crippen LogP contribution in [0.2, 0.25) is 0 Å². The van der Waals surface area contributed by atoms with Gasteiger partial charge in [-0.3, -0.25) is 4.99 Å². The van der Waals surface area contributed by atoms with Gasteiger partial charge in [0.2, 0.25) is 0 Å². The van der Waals surface area contributed by atoms with Crippen molar-refractivity contribution in [3.63, 3.8) is 0 Å². The van der Waals surface area contributed by atoms with E-state index in [1.807, 2.05) is 25.2 Å². The Morgan fingerprint density at radius 2 is 1.90 bits per heavy atom. The molecule has 6 heteroatoms. The van der Waals surface area contributed by atoms with Gasteiger partial charge in [-0.05, 0) is 6.42 Å². The molecule has 1 aliphatic rings. The highest BCUT2D eigenvalue weighted by Gasteiger charge is 2.24. The van der Waals surface area contributed by atoms with Crippen molar-refractivity contribution < 1.29 is 9.47 Å². The van der Waals surface area contributed by atoms with Crippen molar-refractivity contribution in [1.29, 1.82) is 0 Å². The van der Waals surface area contributed by atoms with E-state index in [2.05, 4.69) is 20.5 Å². The van der Waals surface area contributed by atoms with Crippen molar-refractivity contribution in [3.05, 3.63) is 18.2 Å². The Bertz CT molecular complexity index is 482. The fourth-order valence-electron chi connectivity index (χ4n) is 2.53. The normalized spacial score (nSPS) is 18.6. The third kappa shape index (κ3) is 3.71. The van der Waals surface area contributed by atoms with Gasteiger partial charge in [-0.25, -0.2) is 0 Å². The van der Waals surface area contributed by atoms with Gasteiger partial charge in [0.25, 0.3) is 0 Å². The minimum Gasteiger partial charge on any atom is -0.497 e. The number of hydrogen-bond donors (Lipinski definition) is 2. The average molecular weight is 292 g/mol. The first kappa shape index (κ1) is 15.3. The molecule has 116 valence electrons. The molecule has 2 rings (SSSR count). The molecule has 0 aliphatic carbocycles. The summed E-state index contributed by atoms with van der Waals surface area (Å²) in [6, 6.07) is 6.35. The third-order valence-electron chi connectivity index (χ3n) is 3.69. The van der Waals surface area contributed by atoms with Crippen LogP contribution in [0.3, 0.4) is 0 Å². The van der Waals surface area contributed by atoms with Crippen molar-refractivity contribution in [3.8, 4) is 11.5 Å². The largest absolute Gasteiger partial charge is 0.497 e. The molecule has 6 nitrogen and oxygen atoms in total. The second kappa shape index (κ2) is 7.06. The van der Waals surface area contributed by atoms with Crippen LogP contribution in [0.5, 0.6) is 11.5 Å². The lowest BCUT2D eigenvalue weighted by Crippen LogP contribution is -2.43. The molecule has 0 amide bonds. The number of anilines is 1.